The molecular weight excluding hydrogens is 360 g/mol. The molecule has 2 amide bonds. The topological polar surface area (TPSA) is 84.9 Å². The second kappa shape index (κ2) is 9.03. The molecule has 7 nitrogen and oxygen atoms in total. The Morgan fingerprint density at radius 3 is 2.64 bits per heavy atom. The van der Waals surface area contributed by atoms with Crippen LogP contribution in [-0.4, -0.2) is 37.5 Å². The maximum atomic E-state index is 12.3. The Labute approximate surface area is 163 Å². The van der Waals surface area contributed by atoms with Crippen molar-refractivity contribution in [3.8, 4) is 5.75 Å². The van der Waals surface area contributed by atoms with Crippen LogP contribution < -0.4 is 15.0 Å². The summed E-state index contributed by atoms with van der Waals surface area (Å²) in [6.45, 7) is 2.52. The molecular formula is C21H22N2O5. The molecule has 0 radical (unpaired) electrons. The third-order valence-corrected chi connectivity index (χ3v) is 4.21. The minimum atomic E-state index is -0.385. The first kappa shape index (κ1) is 19.4. The van der Waals surface area contributed by atoms with Crippen molar-refractivity contribution in [3.05, 3.63) is 54.1 Å². The summed E-state index contributed by atoms with van der Waals surface area (Å²) in [5, 5.41) is 2.77. The number of amides is 2. The summed E-state index contributed by atoms with van der Waals surface area (Å²) < 4.78 is 10.5. The first-order valence-electron chi connectivity index (χ1n) is 9.17. The van der Waals surface area contributed by atoms with E-state index in [0.29, 0.717) is 29.3 Å². The Bertz CT molecular complexity index is 863. The van der Waals surface area contributed by atoms with Gasteiger partial charge in [0.25, 0.3) is 5.91 Å². The Kier molecular flexibility index (Phi) is 6.26. The van der Waals surface area contributed by atoms with Gasteiger partial charge in [-0.3, -0.25) is 9.59 Å². The van der Waals surface area contributed by atoms with Crippen LogP contribution in [0.25, 0.3) is 0 Å². The molecule has 0 aromatic heterocycles. The van der Waals surface area contributed by atoms with Crippen LogP contribution in [0, 0.1) is 0 Å². The second-order valence-corrected chi connectivity index (χ2v) is 6.31. The zero-order valence-electron chi connectivity index (χ0n) is 15.6. The number of nitrogens with one attached hydrogen (secondary N) is 1. The number of anilines is 2. The molecule has 0 bridgehead atoms. The van der Waals surface area contributed by atoms with Crippen LogP contribution in [0.4, 0.5) is 11.4 Å². The summed E-state index contributed by atoms with van der Waals surface area (Å²) in [4.78, 5) is 37.7. The summed E-state index contributed by atoms with van der Waals surface area (Å²) in [6.07, 6.45) is 0.899. The van der Waals surface area contributed by atoms with Gasteiger partial charge in [0, 0.05) is 18.7 Å². The van der Waals surface area contributed by atoms with Crippen molar-refractivity contribution in [2.24, 2.45) is 0 Å². The predicted molar refractivity (Wildman–Crippen MR) is 105 cm³/mol. The highest BCUT2D eigenvalue weighted by atomic mass is 16.5. The van der Waals surface area contributed by atoms with Gasteiger partial charge in [0.05, 0.1) is 17.9 Å². The van der Waals surface area contributed by atoms with Crippen LogP contribution in [0.2, 0.25) is 0 Å². The molecule has 1 aliphatic rings. The van der Waals surface area contributed by atoms with E-state index in [-0.39, 0.29) is 37.4 Å². The van der Waals surface area contributed by atoms with Gasteiger partial charge in [-0.2, -0.15) is 0 Å². The number of ether oxygens (including phenoxy) is 2. The zero-order chi connectivity index (χ0) is 19.9. The van der Waals surface area contributed by atoms with E-state index in [9.17, 15) is 14.4 Å². The molecule has 0 aliphatic carbocycles. The Morgan fingerprint density at radius 1 is 1.14 bits per heavy atom. The number of esters is 1. The number of rotatable bonds is 7. The minimum Gasteiger partial charge on any atom is -0.482 e. The van der Waals surface area contributed by atoms with Crippen LogP contribution in [0.5, 0.6) is 5.75 Å². The number of carbonyl (C=O) groups excluding carboxylic acids is 3. The smallest absolute Gasteiger partial charge is 0.338 e. The zero-order valence-corrected chi connectivity index (χ0v) is 15.6. The maximum absolute atomic E-state index is 12.3. The van der Waals surface area contributed by atoms with Gasteiger partial charge in [-0.15, -0.1) is 0 Å². The van der Waals surface area contributed by atoms with Crippen LogP contribution in [-0.2, 0) is 14.3 Å². The molecule has 0 unspecified atom stereocenters. The number of benzene rings is 2. The van der Waals surface area contributed by atoms with Gasteiger partial charge in [-0.1, -0.05) is 19.1 Å². The summed E-state index contributed by atoms with van der Waals surface area (Å²) in [7, 11) is 0. The molecule has 3 rings (SSSR count). The van der Waals surface area contributed by atoms with Crippen molar-refractivity contribution in [2.75, 3.05) is 30.0 Å². The lowest BCUT2D eigenvalue weighted by molar-refractivity contribution is -0.121. The quantitative estimate of drug-likeness (QED) is 0.744. The number of para-hydroxylation sites is 2. The number of carbonyl (C=O) groups is 3. The van der Waals surface area contributed by atoms with Crippen molar-refractivity contribution in [1.29, 1.82) is 0 Å². The van der Waals surface area contributed by atoms with Gasteiger partial charge in [0.15, 0.2) is 6.61 Å². The van der Waals surface area contributed by atoms with Crippen molar-refractivity contribution < 1.29 is 23.9 Å². The van der Waals surface area contributed by atoms with E-state index in [2.05, 4.69) is 5.32 Å². The van der Waals surface area contributed by atoms with Gasteiger partial charge >= 0.3 is 5.97 Å². The summed E-state index contributed by atoms with van der Waals surface area (Å²) in [5.41, 5.74) is 1.68. The van der Waals surface area contributed by atoms with Crippen molar-refractivity contribution in [1.82, 2.24) is 0 Å². The normalized spacial score (nSPS) is 12.8. The van der Waals surface area contributed by atoms with Crippen LogP contribution in [0.3, 0.4) is 0 Å². The van der Waals surface area contributed by atoms with Gasteiger partial charge < -0.3 is 19.7 Å². The molecule has 0 fully saturated rings. The Morgan fingerprint density at radius 2 is 1.89 bits per heavy atom. The van der Waals surface area contributed by atoms with Crippen molar-refractivity contribution in [3.63, 3.8) is 0 Å². The van der Waals surface area contributed by atoms with E-state index in [1.807, 2.05) is 19.1 Å². The molecule has 0 spiro atoms. The number of fused-ring (bicyclic) bond motifs is 1. The molecule has 1 N–H and O–H groups in total. The van der Waals surface area contributed by atoms with E-state index >= 15 is 0 Å². The fourth-order valence-electron chi connectivity index (χ4n) is 2.80. The molecule has 2 aromatic rings. The lowest BCUT2D eigenvalue weighted by Gasteiger charge is -2.29. The van der Waals surface area contributed by atoms with E-state index in [1.54, 1.807) is 41.3 Å². The minimum absolute atomic E-state index is 0.0335. The molecule has 0 saturated carbocycles. The lowest BCUT2D eigenvalue weighted by atomic mass is 10.2. The van der Waals surface area contributed by atoms with Crippen LogP contribution >= 0.6 is 0 Å². The van der Waals surface area contributed by atoms with E-state index in [1.165, 1.54) is 0 Å². The molecule has 146 valence electrons. The molecule has 7 heteroatoms. The molecule has 0 saturated heterocycles. The predicted octanol–water partition coefficient (Wildman–Crippen LogP) is 3.01. The second-order valence-electron chi connectivity index (χ2n) is 6.31. The molecule has 2 aromatic carbocycles. The standard InChI is InChI=1S/C21H22N2O5/c1-2-13-27-21(26)15-7-9-16(10-8-15)22-19(24)11-12-23-17-5-3-4-6-18(17)28-14-20(23)25/h3-10H,2,11-14H2,1H3,(H,22,24). The Balaban J connectivity index is 1.55. The third-order valence-electron chi connectivity index (χ3n) is 4.21. The van der Waals surface area contributed by atoms with Crippen LogP contribution in [0.15, 0.2) is 48.5 Å². The van der Waals surface area contributed by atoms with E-state index in [4.69, 9.17) is 9.47 Å². The van der Waals surface area contributed by atoms with E-state index in [0.717, 1.165) is 6.42 Å². The highest BCUT2D eigenvalue weighted by Gasteiger charge is 2.25. The fraction of sp³-hybridized carbons (Fsp3) is 0.286. The lowest BCUT2D eigenvalue weighted by Crippen LogP contribution is -2.40. The van der Waals surface area contributed by atoms with Crippen molar-refractivity contribution in [2.45, 2.75) is 19.8 Å². The third kappa shape index (κ3) is 4.68. The summed E-state index contributed by atoms with van der Waals surface area (Å²) >= 11 is 0. The first-order valence-corrected chi connectivity index (χ1v) is 9.17. The Hall–Kier alpha value is -3.35. The average molecular weight is 382 g/mol. The highest BCUT2D eigenvalue weighted by molar-refractivity contribution is 5.99. The van der Waals surface area contributed by atoms with E-state index < -0.39 is 0 Å². The highest BCUT2D eigenvalue weighted by Crippen LogP contribution is 2.31. The molecule has 1 aliphatic heterocycles. The summed E-state index contributed by atoms with van der Waals surface area (Å²) in [5.74, 6) is -0.156. The molecule has 0 atom stereocenters. The number of hydrogen-bond acceptors (Lipinski definition) is 5. The SMILES string of the molecule is CCCOC(=O)c1ccc(NC(=O)CCN2C(=O)COc3ccccc32)cc1. The number of nitrogens with zero attached hydrogens (tertiary/aromatic N) is 1. The van der Waals surface area contributed by atoms with Gasteiger partial charge in [0.1, 0.15) is 5.75 Å². The van der Waals surface area contributed by atoms with Crippen molar-refractivity contribution >= 4 is 29.2 Å². The molecule has 1 heterocycles. The van der Waals surface area contributed by atoms with Gasteiger partial charge in [-0.25, -0.2) is 4.79 Å². The van der Waals surface area contributed by atoms with Crippen LogP contribution in [0.1, 0.15) is 30.1 Å². The van der Waals surface area contributed by atoms with Gasteiger partial charge in [-0.05, 0) is 42.8 Å². The largest absolute Gasteiger partial charge is 0.482 e. The first-order chi connectivity index (χ1) is 13.6. The molecule has 28 heavy (non-hydrogen) atoms. The maximum Gasteiger partial charge on any atom is 0.338 e. The summed E-state index contributed by atoms with van der Waals surface area (Å²) in [6, 6.07) is 13.8. The van der Waals surface area contributed by atoms with Gasteiger partial charge in [0.2, 0.25) is 5.91 Å². The average Bonchev–Trinajstić information content (AvgIpc) is 2.71. The fourth-order valence-corrected chi connectivity index (χ4v) is 2.80. The monoisotopic (exact) mass is 382 g/mol. The number of hydrogen-bond donors (Lipinski definition) is 1.